The van der Waals surface area contributed by atoms with Gasteiger partial charge < -0.3 is 10.6 Å². The number of nitrogens with two attached hydrogens (primary N) is 1. The summed E-state index contributed by atoms with van der Waals surface area (Å²) in [4.78, 5) is 12.7. The predicted molar refractivity (Wildman–Crippen MR) is 42.1 cm³/mol. The molecular weight excluding hydrogens is 142 g/mol. The second-order valence-electron chi connectivity index (χ2n) is 2.93. The largest absolute Gasteiger partial charge is 0.370 e. The molecule has 0 aromatic heterocycles. The molecule has 4 nitrogen and oxygen atoms in total. The minimum atomic E-state index is -0.237. The van der Waals surface area contributed by atoms with Gasteiger partial charge in [0.2, 0.25) is 5.91 Å². The normalized spacial score (nSPS) is 26.8. The van der Waals surface area contributed by atoms with Crippen LogP contribution in [0.5, 0.6) is 0 Å². The number of carbonyl (C=O) groups is 1. The molecule has 1 aliphatic rings. The molecule has 1 amide bonds. The van der Waals surface area contributed by atoms with E-state index in [2.05, 4.69) is 10.2 Å². The fourth-order valence-electron chi connectivity index (χ4n) is 1.24. The Morgan fingerprint density at radius 2 is 2.55 bits per heavy atom. The molecule has 0 aromatic rings. The van der Waals surface area contributed by atoms with Crippen molar-refractivity contribution in [2.75, 3.05) is 26.7 Å². The smallest absolute Gasteiger partial charge is 0.219 e. The number of primary amides is 1. The molecular formula is C7H14N3O. The number of likely N-dealkylation sites (N-methyl/N-ethyl adjacent to an activating group) is 1. The first kappa shape index (κ1) is 8.49. The van der Waals surface area contributed by atoms with Crippen molar-refractivity contribution in [3.8, 4) is 0 Å². The van der Waals surface area contributed by atoms with Crippen LogP contribution in [0.2, 0.25) is 0 Å². The first-order valence-corrected chi connectivity index (χ1v) is 3.82. The van der Waals surface area contributed by atoms with Gasteiger partial charge in [0.05, 0.1) is 0 Å². The minimum absolute atomic E-state index is 0.237. The van der Waals surface area contributed by atoms with Crippen LogP contribution in [0.15, 0.2) is 0 Å². The van der Waals surface area contributed by atoms with E-state index < -0.39 is 0 Å². The average Bonchev–Trinajstić information content (AvgIpc) is 1.93. The van der Waals surface area contributed by atoms with E-state index >= 15 is 0 Å². The monoisotopic (exact) mass is 156 g/mol. The van der Waals surface area contributed by atoms with Gasteiger partial charge in [-0.25, -0.2) is 5.32 Å². The lowest BCUT2D eigenvalue weighted by Gasteiger charge is -2.31. The van der Waals surface area contributed by atoms with Gasteiger partial charge in [-0.1, -0.05) is 0 Å². The molecule has 0 spiro atoms. The Bertz CT molecular complexity index is 149. The molecule has 0 bridgehead atoms. The van der Waals surface area contributed by atoms with E-state index in [0.717, 1.165) is 19.6 Å². The molecule has 0 aromatic carbocycles. The van der Waals surface area contributed by atoms with Crippen LogP contribution >= 0.6 is 0 Å². The van der Waals surface area contributed by atoms with Crippen LogP contribution in [0.4, 0.5) is 0 Å². The van der Waals surface area contributed by atoms with Crippen molar-refractivity contribution in [3.63, 3.8) is 0 Å². The molecule has 0 aliphatic carbocycles. The number of rotatable bonds is 2. The Hall–Kier alpha value is -0.610. The Morgan fingerprint density at radius 3 is 3.09 bits per heavy atom. The third-order valence-corrected chi connectivity index (χ3v) is 2.01. The molecule has 11 heavy (non-hydrogen) atoms. The lowest BCUT2D eigenvalue weighted by Crippen LogP contribution is -2.47. The summed E-state index contributed by atoms with van der Waals surface area (Å²) in [6.45, 7) is 2.57. The zero-order valence-corrected chi connectivity index (χ0v) is 6.79. The quantitative estimate of drug-likeness (QED) is 0.545. The van der Waals surface area contributed by atoms with Gasteiger partial charge in [0.1, 0.15) is 0 Å². The first-order valence-electron chi connectivity index (χ1n) is 3.82. The summed E-state index contributed by atoms with van der Waals surface area (Å²) in [5, 5.41) is 4.21. The van der Waals surface area contributed by atoms with Crippen LogP contribution in [-0.2, 0) is 4.79 Å². The summed E-state index contributed by atoms with van der Waals surface area (Å²) in [5.74, 6) is -0.237. The molecule has 1 heterocycles. The van der Waals surface area contributed by atoms with Crippen molar-refractivity contribution in [2.45, 2.75) is 12.5 Å². The van der Waals surface area contributed by atoms with Crippen molar-refractivity contribution in [2.24, 2.45) is 5.73 Å². The zero-order chi connectivity index (χ0) is 8.27. The molecule has 1 unspecified atom stereocenters. The van der Waals surface area contributed by atoms with Gasteiger partial charge in [0.15, 0.2) is 0 Å². The van der Waals surface area contributed by atoms with Gasteiger partial charge >= 0.3 is 0 Å². The van der Waals surface area contributed by atoms with Crippen LogP contribution in [0.3, 0.4) is 0 Å². The van der Waals surface area contributed by atoms with Crippen molar-refractivity contribution >= 4 is 5.91 Å². The molecule has 1 fully saturated rings. The molecule has 4 heteroatoms. The van der Waals surface area contributed by atoms with Crippen LogP contribution in [0.25, 0.3) is 0 Å². The highest BCUT2D eigenvalue weighted by Gasteiger charge is 2.20. The van der Waals surface area contributed by atoms with Crippen molar-refractivity contribution in [1.82, 2.24) is 10.2 Å². The zero-order valence-electron chi connectivity index (χ0n) is 6.79. The van der Waals surface area contributed by atoms with E-state index in [1.165, 1.54) is 0 Å². The predicted octanol–water partition coefficient (Wildman–Crippen LogP) is -1.22. The van der Waals surface area contributed by atoms with Gasteiger partial charge in [-0.3, -0.25) is 4.79 Å². The van der Waals surface area contributed by atoms with Crippen molar-refractivity contribution in [1.29, 1.82) is 0 Å². The van der Waals surface area contributed by atoms with E-state index in [0.29, 0.717) is 6.42 Å². The number of amides is 1. The standard InChI is InChI=1S/C7H14N3O/c1-10-3-2-9-5-6(10)4-7(8)11/h6H,2-5H2,1H3,(H2,8,11). The Morgan fingerprint density at radius 1 is 1.82 bits per heavy atom. The summed E-state index contributed by atoms with van der Waals surface area (Å²) >= 11 is 0. The van der Waals surface area contributed by atoms with Crippen molar-refractivity contribution < 1.29 is 4.79 Å². The number of piperazine rings is 1. The molecule has 63 valence electrons. The number of hydrogen-bond acceptors (Lipinski definition) is 2. The van der Waals surface area contributed by atoms with E-state index in [1.807, 2.05) is 7.05 Å². The summed E-state index contributed by atoms with van der Waals surface area (Å²) in [6.07, 6.45) is 0.431. The van der Waals surface area contributed by atoms with E-state index in [-0.39, 0.29) is 11.9 Å². The molecule has 1 rings (SSSR count). The van der Waals surface area contributed by atoms with Gasteiger partial charge in [0, 0.05) is 32.1 Å². The minimum Gasteiger partial charge on any atom is -0.370 e. The lowest BCUT2D eigenvalue weighted by atomic mass is 10.1. The van der Waals surface area contributed by atoms with E-state index in [1.54, 1.807) is 0 Å². The fraction of sp³-hybridized carbons (Fsp3) is 0.857. The summed E-state index contributed by atoms with van der Waals surface area (Å²) in [5.41, 5.74) is 5.08. The fourth-order valence-corrected chi connectivity index (χ4v) is 1.24. The maximum Gasteiger partial charge on any atom is 0.219 e. The highest BCUT2D eigenvalue weighted by molar-refractivity contribution is 5.74. The number of carbonyl (C=O) groups excluding carboxylic acids is 1. The second kappa shape index (κ2) is 3.69. The van der Waals surface area contributed by atoms with Gasteiger partial charge in [-0.2, -0.15) is 0 Å². The average molecular weight is 156 g/mol. The van der Waals surface area contributed by atoms with Gasteiger partial charge in [-0.05, 0) is 7.05 Å². The third-order valence-electron chi connectivity index (χ3n) is 2.01. The summed E-state index contributed by atoms with van der Waals surface area (Å²) < 4.78 is 0. The molecule has 1 atom stereocenters. The van der Waals surface area contributed by atoms with Crippen molar-refractivity contribution in [3.05, 3.63) is 0 Å². The first-order chi connectivity index (χ1) is 5.20. The Kier molecular flexibility index (Phi) is 2.84. The number of hydrogen-bond donors (Lipinski definition) is 1. The van der Waals surface area contributed by atoms with Crippen LogP contribution < -0.4 is 11.1 Å². The lowest BCUT2D eigenvalue weighted by molar-refractivity contribution is -0.119. The molecule has 2 N–H and O–H groups in total. The van der Waals surface area contributed by atoms with E-state index in [9.17, 15) is 4.79 Å². The Labute approximate surface area is 66.7 Å². The molecule has 0 saturated carbocycles. The van der Waals surface area contributed by atoms with E-state index in [4.69, 9.17) is 5.73 Å². The molecule has 1 radical (unpaired) electrons. The van der Waals surface area contributed by atoms with Crippen LogP contribution in [0.1, 0.15) is 6.42 Å². The maximum atomic E-state index is 10.6. The maximum absolute atomic E-state index is 10.6. The Balaban J connectivity index is 2.35. The molecule has 1 aliphatic heterocycles. The topological polar surface area (TPSA) is 60.4 Å². The van der Waals surface area contributed by atoms with Gasteiger partial charge in [0.25, 0.3) is 0 Å². The van der Waals surface area contributed by atoms with Gasteiger partial charge in [-0.15, -0.1) is 0 Å². The van der Waals surface area contributed by atoms with Crippen LogP contribution in [0, 0.1) is 0 Å². The highest BCUT2D eigenvalue weighted by atomic mass is 16.1. The second-order valence-corrected chi connectivity index (χ2v) is 2.93. The summed E-state index contributed by atoms with van der Waals surface area (Å²) in [7, 11) is 2.00. The summed E-state index contributed by atoms with van der Waals surface area (Å²) in [6, 6.07) is 0.237. The highest BCUT2D eigenvalue weighted by Crippen LogP contribution is 2.03. The SMILES string of the molecule is CN1CC[N]CC1CC(N)=O. The third kappa shape index (κ3) is 2.48. The molecule has 1 saturated heterocycles. The van der Waals surface area contributed by atoms with Crippen LogP contribution in [-0.4, -0.2) is 43.5 Å². The number of nitrogens with zero attached hydrogens (tertiary/aromatic N) is 2.